The van der Waals surface area contributed by atoms with E-state index in [1.807, 2.05) is 0 Å². The molecule has 1 aromatic rings. The molecule has 0 aromatic heterocycles. The van der Waals surface area contributed by atoms with Gasteiger partial charge in [-0.1, -0.05) is 11.6 Å². The maximum absolute atomic E-state index is 11.7. The van der Waals surface area contributed by atoms with Crippen molar-refractivity contribution < 1.29 is 9.90 Å². The van der Waals surface area contributed by atoms with Gasteiger partial charge in [-0.25, -0.2) is 0 Å². The van der Waals surface area contributed by atoms with Gasteiger partial charge >= 0.3 is 0 Å². The monoisotopic (exact) mass is 272 g/mol. The van der Waals surface area contributed by atoms with Gasteiger partial charge in [0.15, 0.2) is 5.11 Å². The van der Waals surface area contributed by atoms with Crippen LogP contribution in [0.3, 0.4) is 0 Å². The molecule has 0 radical (unpaired) electrons. The summed E-state index contributed by atoms with van der Waals surface area (Å²) in [6, 6.07) is 6.47. The number of carbonyl (C=O) groups excluding carboxylic acids is 1. The van der Waals surface area contributed by atoms with Gasteiger partial charge in [0.25, 0.3) is 5.91 Å². The van der Waals surface area contributed by atoms with Crippen LogP contribution in [0.15, 0.2) is 24.3 Å². The van der Waals surface area contributed by atoms with Crippen LogP contribution in [0.2, 0.25) is 5.02 Å². The number of halogens is 1. The van der Waals surface area contributed by atoms with Crippen LogP contribution >= 0.6 is 23.8 Å². The van der Waals surface area contributed by atoms with Crippen LogP contribution in [-0.4, -0.2) is 28.8 Å². The zero-order chi connectivity index (χ0) is 12.8. The molecule has 1 rings (SSSR count). The van der Waals surface area contributed by atoms with Gasteiger partial charge < -0.3 is 10.4 Å². The Bertz CT molecular complexity index is 406. The molecule has 0 spiro atoms. The van der Waals surface area contributed by atoms with Crippen molar-refractivity contribution >= 4 is 34.8 Å². The largest absolute Gasteiger partial charge is 0.392 e. The highest BCUT2D eigenvalue weighted by atomic mass is 35.5. The summed E-state index contributed by atoms with van der Waals surface area (Å²) in [6.07, 6.45) is -0.527. The summed E-state index contributed by atoms with van der Waals surface area (Å²) in [5.74, 6) is -0.315. The van der Waals surface area contributed by atoms with Crippen molar-refractivity contribution in [3.05, 3.63) is 34.9 Å². The summed E-state index contributed by atoms with van der Waals surface area (Å²) >= 11 is 10.6. The van der Waals surface area contributed by atoms with Gasteiger partial charge in [-0.05, 0) is 43.4 Å². The van der Waals surface area contributed by atoms with E-state index in [0.29, 0.717) is 17.1 Å². The molecule has 0 aliphatic heterocycles. The highest BCUT2D eigenvalue weighted by molar-refractivity contribution is 7.80. The van der Waals surface area contributed by atoms with Crippen molar-refractivity contribution in [1.29, 1.82) is 0 Å². The maximum atomic E-state index is 11.7. The number of thiocarbonyl (C=S) groups is 1. The van der Waals surface area contributed by atoms with Crippen molar-refractivity contribution in [3.8, 4) is 0 Å². The van der Waals surface area contributed by atoms with E-state index < -0.39 is 6.10 Å². The molecule has 1 unspecified atom stereocenters. The predicted octanol–water partition coefficient (Wildman–Crippen LogP) is 1.33. The first kappa shape index (κ1) is 13.9. The number of hydrogen-bond donors (Lipinski definition) is 3. The molecule has 92 valence electrons. The number of benzene rings is 1. The molecular weight excluding hydrogens is 260 g/mol. The summed E-state index contributed by atoms with van der Waals surface area (Å²) in [7, 11) is 0. The van der Waals surface area contributed by atoms with Gasteiger partial charge in [0.05, 0.1) is 6.10 Å². The van der Waals surface area contributed by atoms with Gasteiger partial charge in [0.1, 0.15) is 0 Å². The SMILES string of the molecule is CC(O)CNC(=S)NC(=O)c1ccc(Cl)cc1. The Morgan fingerprint density at radius 1 is 1.47 bits per heavy atom. The normalized spacial score (nSPS) is 11.7. The van der Waals surface area contributed by atoms with Crippen LogP contribution in [0.4, 0.5) is 0 Å². The third-order valence-electron chi connectivity index (χ3n) is 1.89. The lowest BCUT2D eigenvalue weighted by atomic mass is 10.2. The molecule has 0 saturated carbocycles. The molecule has 0 bridgehead atoms. The van der Waals surface area contributed by atoms with Crippen LogP contribution in [-0.2, 0) is 0 Å². The average Bonchev–Trinajstić information content (AvgIpc) is 2.27. The second-order valence-corrected chi connectivity index (χ2v) is 4.36. The number of carbonyl (C=O) groups is 1. The standard InChI is InChI=1S/C11H13ClN2O2S/c1-7(15)6-13-11(17)14-10(16)8-2-4-9(12)5-3-8/h2-5,7,15H,6H2,1H3,(H2,13,14,16,17). The topological polar surface area (TPSA) is 61.4 Å². The van der Waals surface area contributed by atoms with E-state index in [1.165, 1.54) is 0 Å². The second kappa shape index (κ2) is 6.54. The van der Waals surface area contributed by atoms with Gasteiger partial charge in [-0.2, -0.15) is 0 Å². The minimum Gasteiger partial charge on any atom is -0.392 e. The third-order valence-corrected chi connectivity index (χ3v) is 2.39. The second-order valence-electron chi connectivity index (χ2n) is 3.52. The summed E-state index contributed by atoms with van der Waals surface area (Å²) < 4.78 is 0. The maximum Gasteiger partial charge on any atom is 0.257 e. The van der Waals surface area contributed by atoms with E-state index in [9.17, 15) is 4.79 Å². The highest BCUT2D eigenvalue weighted by Crippen LogP contribution is 2.09. The van der Waals surface area contributed by atoms with Crippen LogP contribution in [0.1, 0.15) is 17.3 Å². The minimum absolute atomic E-state index is 0.186. The Morgan fingerprint density at radius 2 is 2.06 bits per heavy atom. The van der Waals surface area contributed by atoms with E-state index in [-0.39, 0.29) is 11.0 Å². The highest BCUT2D eigenvalue weighted by Gasteiger charge is 2.07. The Labute approximate surface area is 110 Å². The fourth-order valence-electron chi connectivity index (χ4n) is 1.06. The number of amides is 1. The smallest absolute Gasteiger partial charge is 0.257 e. The van der Waals surface area contributed by atoms with Crippen LogP contribution < -0.4 is 10.6 Å². The number of rotatable bonds is 3. The Hall–Kier alpha value is -1.17. The van der Waals surface area contributed by atoms with Gasteiger partial charge in [-0.15, -0.1) is 0 Å². The summed E-state index contributed by atoms with van der Waals surface area (Å²) in [6.45, 7) is 1.91. The molecule has 1 atom stereocenters. The van der Waals surface area contributed by atoms with Gasteiger partial charge in [0.2, 0.25) is 0 Å². The first-order valence-electron chi connectivity index (χ1n) is 5.02. The van der Waals surface area contributed by atoms with Crippen molar-refractivity contribution in [2.45, 2.75) is 13.0 Å². The molecule has 17 heavy (non-hydrogen) atoms. The van der Waals surface area contributed by atoms with Crippen LogP contribution in [0.25, 0.3) is 0 Å². The molecule has 6 heteroatoms. The molecule has 0 fully saturated rings. The fourth-order valence-corrected chi connectivity index (χ4v) is 1.36. The lowest BCUT2D eigenvalue weighted by Crippen LogP contribution is -2.41. The quantitative estimate of drug-likeness (QED) is 0.727. The van der Waals surface area contributed by atoms with Crippen molar-refractivity contribution in [1.82, 2.24) is 10.6 Å². The fraction of sp³-hybridized carbons (Fsp3) is 0.273. The minimum atomic E-state index is -0.527. The Balaban J connectivity index is 2.49. The van der Waals surface area contributed by atoms with Crippen molar-refractivity contribution in [3.63, 3.8) is 0 Å². The Morgan fingerprint density at radius 3 is 2.59 bits per heavy atom. The number of hydrogen-bond acceptors (Lipinski definition) is 3. The first-order valence-corrected chi connectivity index (χ1v) is 5.80. The van der Waals surface area contributed by atoms with E-state index >= 15 is 0 Å². The van der Waals surface area contributed by atoms with E-state index in [2.05, 4.69) is 10.6 Å². The van der Waals surface area contributed by atoms with Gasteiger partial charge in [0, 0.05) is 17.1 Å². The summed E-state index contributed by atoms with van der Waals surface area (Å²) in [5, 5.41) is 15.0. The zero-order valence-electron chi connectivity index (χ0n) is 9.24. The van der Waals surface area contributed by atoms with E-state index in [4.69, 9.17) is 28.9 Å². The average molecular weight is 273 g/mol. The Kier molecular flexibility index (Phi) is 5.34. The summed E-state index contributed by atoms with van der Waals surface area (Å²) in [5.41, 5.74) is 0.468. The summed E-state index contributed by atoms with van der Waals surface area (Å²) in [4.78, 5) is 11.7. The number of aliphatic hydroxyl groups excluding tert-OH is 1. The molecule has 0 aliphatic rings. The van der Waals surface area contributed by atoms with E-state index in [0.717, 1.165) is 0 Å². The molecule has 1 aromatic carbocycles. The molecule has 3 N–H and O–H groups in total. The van der Waals surface area contributed by atoms with Crippen molar-refractivity contribution in [2.24, 2.45) is 0 Å². The molecule has 0 heterocycles. The first-order chi connectivity index (χ1) is 7.99. The molecule has 4 nitrogen and oxygen atoms in total. The zero-order valence-corrected chi connectivity index (χ0v) is 10.8. The van der Waals surface area contributed by atoms with Gasteiger partial charge in [-0.3, -0.25) is 10.1 Å². The van der Waals surface area contributed by atoms with Crippen LogP contribution in [0.5, 0.6) is 0 Å². The lowest BCUT2D eigenvalue weighted by Gasteiger charge is -2.10. The van der Waals surface area contributed by atoms with Crippen LogP contribution in [0, 0.1) is 0 Å². The number of aliphatic hydroxyl groups is 1. The molecule has 0 saturated heterocycles. The number of nitrogens with one attached hydrogen (secondary N) is 2. The molecule has 0 aliphatic carbocycles. The molecule has 1 amide bonds. The lowest BCUT2D eigenvalue weighted by molar-refractivity contribution is 0.0976. The third kappa shape index (κ3) is 5.12. The van der Waals surface area contributed by atoms with E-state index in [1.54, 1.807) is 31.2 Å². The van der Waals surface area contributed by atoms with Crippen molar-refractivity contribution in [2.75, 3.05) is 6.54 Å². The predicted molar refractivity (Wildman–Crippen MR) is 71.2 cm³/mol. The molecular formula is C11H13ClN2O2S.